The summed E-state index contributed by atoms with van der Waals surface area (Å²) < 4.78 is 3.01. The number of aliphatic hydroxyl groups excluding tert-OH is 1. The molecule has 0 saturated heterocycles. The largest absolute Gasteiger partial charge is 0.396 e. The van der Waals surface area contributed by atoms with Crippen molar-refractivity contribution >= 4 is 44.4 Å². The minimum Gasteiger partial charge on any atom is -0.396 e. The minimum absolute atomic E-state index is 0.142. The Labute approximate surface area is 141 Å². The number of anilines is 2. The molecule has 4 rings (SSSR count). The van der Waals surface area contributed by atoms with Crippen molar-refractivity contribution < 1.29 is 5.11 Å². The summed E-state index contributed by atoms with van der Waals surface area (Å²) in [4.78, 5) is 10.1. The Morgan fingerprint density at radius 3 is 3.04 bits per heavy atom. The lowest BCUT2D eigenvalue weighted by Crippen LogP contribution is -2.07. The van der Waals surface area contributed by atoms with Crippen LogP contribution in [0.3, 0.4) is 0 Å². The standard InChI is InChI=1S/C15H17N7OS/c1-22-12-11(20-15(22)17-4-2-6-23)14(16)19-9-7-10(24-13(9)12)8-3-5-18-21-8/h3,5,7,23H,2,4,6H2,1H3,(H2,16,19)(H,17,20)(H,18,21). The van der Waals surface area contributed by atoms with Gasteiger partial charge in [-0.25, -0.2) is 9.97 Å². The predicted octanol–water partition coefficient (Wildman–Crippen LogP) is 1.95. The first kappa shape index (κ1) is 14.9. The molecule has 5 N–H and O–H groups in total. The SMILES string of the molecule is Cn1c(NCCCO)nc2c(N)nc3cc(-c4cc[nH]n4)sc3c21. The van der Waals surface area contributed by atoms with Gasteiger partial charge in [0.05, 0.1) is 20.6 Å². The highest BCUT2D eigenvalue weighted by molar-refractivity contribution is 7.23. The van der Waals surface area contributed by atoms with Crippen LogP contribution in [-0.4, -0.2) is 43.0 Å². The third-order valence-electron chi connectivity index (χ3n) is 3.88. The number of rotatable bonds is 5. The molecule has 0 aliphatic heterocycles. The summed E-state index contributed by atoms with van der Waals surface area (Å²) in [6.07, 6.45) is 2.46. The zero-order valence-corrected chi connectivity index (χ0v) is 13.9. The molecule has 0 saturated carbocycles. The van der Waals surface area contributed by atoms with E-state index >= 15 is 0 Å². The van der Waals surface area contributed by atoms with Gasteiger partial charge >= 0.3 is 0 Å². The second kappa shape index (κ2) is 5.77. The van der Waals surface area contributed by atoms with E-state index in [-0.39, 0.29) is 6.61 Å². The second-order valence-corrected chi connectivity index (χ2v) is 6.53. The Hall–Kier alpha value is -2.65. The van der Waals surface area contributed by atoms with E-state index in [0.717, 1.165) is 26.3 Å². The molecule has 0 atom stereocenters. The smallest absolute Gasteiger partial charge is 0.203 e. The number of aliphatic hydroxyl groups is 1. The number of fused-ring (bicyclic) bond motifs is 3. The lowest BCUT2D eigenvalue weighted by molar-refractivity contribution is 0.292. The van der Waals surface area contributed by atoms with Gasteiger partial charge in [-0.3, -0.25) is 5.10 Å². The van der Waals surface area contributed by atoms with Crippen molar-refractivity contribution in [2.24, 2.45) is 7.05 Å². The van der Waals surface area contributed by atoms with E-state index < -0.39 is 0 Å². The molecule has 0 bridgehead atoms. The Kier molecular flexibility index (Phi) is 3.58. The van der Waals surface area contributed by atoms with Gasteiger partial charge in [0.1, 0.15) is 11.2 Å². The summed E-state index contributed by atoms with van der Waals surface area (Å²) in [5.41, 5.74) is 9.48. The van der Waals surface area contributed by atoms with Crippen LogP contribution in [0.2, 0.25) is 0 Å². The number of H-pyrrole nitrogens is 1. The normalized spacial score (nSPS) is 11.6. The Morgan fingerprint density at radius 2 is 2.29 bits per heavy atom. The number of aromatic amines is 1. The van der Waals surface area contributed by atoms with E-state index in [2.05, 4.69) is 25.5 Å². The van der Waals surface area contributed by atoms with Crippen LogP contribution in [0.25, 0.3) is 31.8 Å². The zero-order valence-electron chi connectivity index (χ0n) is 13.1. The second-order valence-electron chi connectivity index (χ2n) is 5.48. The fourth-order valence-electron chi connectivity index (χ4n) is 2.71. The van der Waals surface area contributed by atoms with Gasteiger partial charge in [-0.05, 0) is 18.6 Å². The summed E-state index contributed by atoms with van der Waals surface area (Å²) in [6.45, 7) is 0.788. The first-order valence-electron chi connectivity index (χ1n) is 7.59. The molecule has 0 aliphatic rings. The molecule has 0 unspecified atom stereocenters. The fraction of sp³-hybridized carbons (Fsp3) is 0.267. The number of pyridine rings is 1. The van der Waals surface area contributed by atoms with Gasteiger partial charge in [-0.15, -0.1) is 11.3 Å². The van der Waals surface area contributed by atoms with Gasteiger partial charge in [0.15, 0.2) is 5.82 Å². The van der Waals surface area contributed by atoms with Crippen LogP contribution in [0.5, 0.6) is 0 Å². The summed E-state index contributed by atoms with van der Waals surface area (Å²) in [5, 5.41) is 19.2. The third-order valence-corrected chi connectivity index (χ3v) is 5.03. The van der Waals surface area contributed by atoms with Crippen molar-refractivity contribution in [2.75, 3.05) is 24.2 Å². The van der Waals surface area contributed by atoms with Gasteiger partial charge < -0.3 is 20.7 Å². The molecule has 0 aliphatic carbocycles. The number of imidazole rings is 1. The summed E-state index contributed by atoms with van der Waals surface area (Å²) in [7, 11) is 1.95. The van der Waals surface area contributed by atoms with Crippen molar-refractivity contribution in [2.45, 2.75) is 6.42 Å². The van der Waals surface area contributed by atoms with Gasteiger partial charge in [0.2, 0.25) is 5.95 Å². The van der Waals surface area contributed by atoms with Crippen molar-refractivity contribution in [3.8, 4) is 10.6 Å². The van der Waals surface area contributed by atoms with Crippen LogP contribution in [-0.2, 0) is 7.05 Å². The molecule has 8 nitrogen and oxygen atoms in total. The number of aryl methyl sites for hydroxylation is 1. The number of nitrogens with zero attached hydrogens (tertiary/aromatic N) is 4. The van der Waals surface area contributed by atoms with Crippen molar-refractivity contribution in [3.63, 3.8) is 0 Å². The number of nitrogens with one attached hydrogen (secondary N) is 2. The van der Waals surface area contributed by atoms with Crippen LogP contribution in [0.4, 0.5) is 11.8 Å². The van der Waals surface area contributed by atoms with Gasteiger partial charge in [0.25, 0.3) is 0 Å². The lowest BCUT2D eigenvalue weighted by atomic mass is 10.3. The average Bonchev–Trinajstić information content (AvgIpc) is 3.27. The number of nitrogen functional groups attached to an aromatic ring is 1. The lowest BCUT2D eigenvalue weighted by Gasteiger charge is -2.04. The zero-order chi connectivity index (χ0) is 16.7. The summed E-state index contributed by atoms with van der Waals surface area (Å²) in [5.74, 6) is 1.13. The highest BCUT2D eigenvalue weighted by Crippen LogP contribution is 2.38. The van der Waals surface area contributed by atoms with E-state index in [1.165, 1.54) is 0 Å². The number of hydrogen-bond donors (Lipinski definition) is 4. The molecule has 124 valence electrons. The first-order valence-corrected chi connectivity index (χ1v) is 8.41. The molecular formula is C15H17N7OS. The quantitative estimate of drug-likeness (QED) is 0.411. The number of nitrogens with two attached hydrogens (primary N) is 1. The van der Waals surface area contributed by atoms with E-state index in [4.69, 9.17) is 10.8 Å². The average molecular weight is 343 g/mol. The number of aromatic nitrogens is 5. The third kappa shape index (κ3) is 2.29. The van der Waals surface area contributed by atoms with Crippen LogP contribution in [0.15, 0.2) is 18.3 Å². The summed E-state index contributed by atoms with van der Waals surface area (Å²) in [6, 6.07) is 3.92. The fourth-order valence-corrected chi connectivity index (χ4v) is 3.86. The van der Waals surface area contributed by atoms with Gasteiger partial charge in [0, 0.05) is 26.4 Å². The van der Waals surface area contributed by atoms with E-state index in [0.29, 0.717) is 30.2 Å². The van der Waals surface area contributed by atoms with Crippen LogP contribution in [0, 0.1) is 0 Å². The maximum Gasteiger partial charge on any atom is 0.203 e. The molecule has 4 aromatic rings. The van der Waals surface area contributed by atoms with E-state index in [9.17, 15) is 0 Å². The summed E-state index contributed by atoms with van der Waals surface area (Å²) >= 11 is 1.62. The molecule has 4 aromatic heterocycles. The maximum absolute atomic E-state index is 8.93. The Morgan fingerprint density at radius 1 is 1.42 bits per heavy atom. The van der Waals surface area contributed by atoms with Crippen molar-refractivity contribution in [1.82, 2.24) is 24.7 Å². The number of hydrogen-bond acceptors (Lipinski definition) is 7. The van der Waals surface area contributed by atoms with Gasteiger partial charge in [-0.2, -0.15) is 5.10 Å². The van der Waals surface area contributed by atoms with Crippen molar-refractivity contribution in [3.05, 3.63) is 18.3 Å². The molecule has 24 heavy (non-hydrogen) atoms. The molecule has 4 heterocycles. The Balaban J connectivity index is 1.89. The molecule has 9 heteroatoms. The van der Waals surface area contributed by atoms with Gasteiger partial charge in [-0.1, -0.05) is 0 Å². The number of thiophene rings is 1. The predicted molar refractivity (Wildman–Crippen MR) is 96.1 cm³/mol. The highest BCUT2D eigenvalue weighted by atomic mass is 32.1. The monoisotopic (exact) mass is 343 g/mol. The maximum atomic E-state index is 8.93. The molecule has 0 spiro atoms. The highest BCUT2D eigenvalue weighted by Gasteiger charge is 2.18. The molecule has 0 aromatic carbocycles. The van der Waals surface area contributed by atoms with E-state index in [1.54, 1.807) is 17.5 Å². The van der Waals surface area contributed by atoms with Crippen LogP contribution < -0.4 is 11.1 Å². The molecule has 0 fully saturated rings. The van der Waals surface area contributed by atoms with Crippen molar-refractivity contribution in [1.29, 1.82) is 0 Å². The molecule has 0 amide bonds. The molecule has 0 radical (unpaired) electrons. The van der Waals surface area contributed by atoms with Crippen LogP contribution >= 0.6 is 11.3 Å². The topological polar surface area (TPSA) is 118 Å². The first-order chi connectivity index (χ1) is 11.7. The minimum atomic E-state index is 0.142. The van der Waals surface area contributed by atoms with E-state index in [1.807, 2.05) is 23.7 Å². The molecular weight excluding hydrogens is 326 g/mol. The Bertz CT molecular complexity index is 1000. The van der Waals surface area contributed by atoms with Crippen LogP contribution in [0.1, 0.15) is 6.42 Å².